The number of hydrogen-bond donors (Lipinski definition) is 1. The van der Waals surface area contributed by atoms with Crippen molar-refractivity contribution < 1.29 is 18.7 Å². The average molecular weight is 334 g/mol. The summed E-state index contributed by atoms with van der Waals surface area (Å²) < 4.78 is 17.0. The minimum Gasteiger partial charge on any atom is -0.467 e. The maximum Gasteiger partial charge on any atom is 0.318 e. The topological polar surface area (TPSA) is 63.9 Å². The van der Waals surface area contributed by atoms with Gasteiger partial charge in [0.25, 0.3) is 0 Å². The fourth-order valence-corrected chi connectivity index (χ4v) is 3.91. The molecule has 6 heteroatoms. The Hall–Kier alpha value is -1.53. The number of amides is 2. The van der Waals surface area contributed by atoms with Crippen molar-refractivity contribution in [2.24, 2.45) is 0 Å². The minimum atomic E-state index is -0.376. The normalized spacial score (nSPS) is 24.9. The van der Waals surface area contributed by atoms with Crippen molar-refractivity contribution in [3.8, 4) is 0 Å². The summed E-state index contributed by atoms with van der Waals surface area (Å²) in [6, 6.07) is 4.32. The molecule has 1 atom stereocenters. The largest absolute Gasteiger partial charge is 0.467 e. The smallest absolute Gasteiger partial charge is 0.318 e. The molecule has 2 heterocycles. The van der Waals surface area contributed by atoms with Gasteiger partial charge in [-0.2, -0.15) is 0 Å². The zero-order valence-electron chi connectivity index (χ0n) is 14.2. The molecule has 1 spiro atoms. The zero-order valence-corrected chi connectivity index (χ0v) is 14.2. The van der Waals surface area contributed by atoms with Crippen LogP contribution in [0.25, 0.3) is 0 Å². The summed E-state index contributed by atoms with van der Waals surface area (Å²) in [5, 5.41) is 3.22. The Morgan fingerprint density at radius 3 is 2.54 bits per heavy atom. The molecule has 0 aromatic carbocycles. The Bertz CT molecular complexity index is 554. The number of hydrogen-bond acceptors (Lipinski definition) is 4. The summed E-state index contributed by atoms with van der Waals surface area (Å²) in [4.78, 5) is 14.8. The van der Waals surface area contributed by atoms with E-state index in [4.69, 9.17) is 13.9 Å². The van der Waals surface area contributed by atoms with Crippen molar-refractivity contribution in [2.45, 2.75) is 69.4 Å². The third kappa shape index (κ3) is 3.17. The second-order valence-corrected chi connectivity index (χ2v) is 7.16. The number of urea groups is 1. The minimum absolute atomic E-state index is 0.0237. The van der Waals surface area contributed by atoms with Crippen LogP contribution in [0.5, 0.6) is 0 Å². The lowest BCUT2D eigenvalue weighted by atomic mass is 9.90. The van der Waals surface area contributed by atoms with Crippen LogP contribution >= 0.6 is 0 Å². The van der Waals surface area contributed by atoms with Gasteiger partial charge < -0.3 is 24.1 Å². The van der Waals surface area contributed by atoms with Gasteiger partial charge in [0.2, 0.25) is 0 Å². The first-order chi connectivity index (χ1) is 11.7. The molecule has 1 saturated heterocycles. The van der Waals surface area contributed by atoms with Crippen LogP contribution in [0.2, 0.25) is 0 Å². The van der Waals surface area contributed by atoms with Crippen molar-refractivity contribution in [2.75, 3.05) is 13.2 Å². The third-order valence-electron chi connectivity index (χ3n) is 5.44. The van der Waals surface area contributed by atoms with Crippen LogP contribution in [0, 0.1) is 0 Å². The van der Waals surface area contributed by atoms with E-state index in [1.807, 2.05) is 24.0 Å². The number of nitrogens with zero attached hydrogens (tertiary/aromatic N) is 1. The zero-order chi connectivity index (χ0) is 16.6. The van der Waals surface area contributed by atoms with Gasteiger partial charge in [-0.25, -0.2) is 4.79 Å². The summed E-state index contributed by atoms with van der Waals surface area (Å²) in [5.74, 6) is 0.464. The summed E-state index contributed by atoms with van der Waals surface area (Å²) in [6.45, 7) is 3.41. The molecule has 132 valence electrons. The monoisotopic (exact) mass is 334 g/mol. The Labute approximate surface area is 142 Å². The van der Waals surface area contributed by atoms with Crippen LogP contribution in [0.4, 0.5) is 4.79 Å². The first kappa shape index (κ1) is 16.0. The fraction of sp³-hybridized carbons (Fsp3) is 0.722. The van der Waals surface area contributed by atoms with Gasteiger partial charge in [-0.1, -0.05) is 0 Å². The predicted molar refractivity (Wildman–Crippen MR) is 87.4 cm³/mol. The Morgan fingerprint density at radius 1 is 1.25 bits per heavy atom. The van der Waals surface area contributed by atoms with Crippen LogP contribution in [-0.2, 0) is 9.47 Å². The highest BCUT2D eigenvalue weighted by Crippen LogP contribution is 2.37. The summed E-state index contributed by atoms with van der Waals surface area (Å²) in [5.41, 5.74) is 0. The first-order valence-electron chi connectivity index (χ1n) is 9.07. The molecule has 6 nitrogen and oxygen atoms in total. The van der Waals surface area contributed by atoms with Crippen molar-refractivity contribution in [1.29, 1.82) is 0 Å². The number of nitrogens with one attached hydrogen (secondary N) is 1. The summed E-state index contributed by atoms with van der Waals surface area (Å²) in [6.07, 6.45) is 7.34. The number of rotatable bonds is 4. The maximum absolute atomic E-state index is 12.9. The van der Waals surface area contributed by atoms with E-state index in [1.165, 1.54) is 0 Å². The van der Waals surface area contributed by atoms with E-state index in [0.29, 0.717) is 19.3 Å². The number of ether oxygens (including phenoxy) is 2. The Kier molecular flexibility index (Phi) is 4.26. The third-order valence-corrected chi connectivity index (χ3v) is 5.44. The van der Waals surface area contributed by atoms with Crippen molar-refractivity contribution in [1.82, 2.24) is 10.2 Å². The first-order valence-corrected chi connectivity index (χ1v) is 9.07. The van der Waals surface area contributed by atoms with E-state index in [-0.39, 0.29) is 23.9 Å². The Morgan fingerprint density at radius 2 is 1.96 bits per heavy atom. The molecule has 0 radical (unpaired) electrons. The van der Waals surface area contributed by atoms with E-state index >= 15 is 0 Å². The molecule has 2 aliphatic carbocycles. The predicted octanol–water partition coefficient (Wildman–Crippen LogP) is 3.20. The Balaban J connectivity index is 1.36. The molecule has 3 fully saturated rings. The molecule has 4 rings (SSSR count). The van der Waals surface area contributed by atoms with Crippen LogP contribution in [0.15, 0.2) is 22.8 Å². The van der Waals surface area contributed by atoms with Gasteiger partial charge in [0.1, 0.15) is 5.76 Å². The van der Waals surface area contributed by atoms with Gasteiger partial charge in [0, 0.05) is 24.9 Å². The highest BCUT2D eigenvalue weighted by Gasteiger charge is 2.42. The summed E-state index contributed by atoms with van der Waals surface area (Å²) in [7, 11) is 0. The van der Waals surface area contributed by atoms with Crippen LogP contribution in [-0.4, -0.2) is 42.0 Å². The second kappa shape index (κ2) is 6.41. The molecule has 1 aromatic rings. The van der Waals surface area contributed by atoms with Crippen LogP contribution in [0.3, 0.4) is 0 Å². The van der Waals surface area contributed by atoms with E-state index < -0.39 is 0 Å². The van der Waals surface area contributed by atoms with Crippen LogP contribution in [0.1, 0.15) is 57.3 Å². The van der Waals surface area contributed by atoms with E-state index in [0.717, 1.165) is 44.3 Å². The van der Waals surface area contributed by atoms with Crippen molar-refractivity contribution in [3.63, 3.8) is 0 Å². The average Bonchev–Trinajstić information content (AvgIpc) is 3.09. The molecule has 2 amide bonds. The molecule has 0 bridgehead atoms. The molecule has 1 N–H and O–H groups in total. The molecule has 24 heavy (non-hydrogen) atoms. The van der Waals surface area contributed by atoms with E-state index in [9.17, 15) is 4.79 Å². The van der Waals surface area contributed by atoms with Gasteiger partial charge in [-0.05, 0) is 44.7 Å². The molecule has 2 saturated carbocycles. The van der Waals surface area contributed by atoms with E-state index in [2.05, 4.69) is 5.32 Å². The van der Waals surface area contributed by atoms with Gasteiger partial charge in [0.05, 0.1) is 25.5 Å². The second-order valence-electron chi connectivity index (χ2n) is 7.16. The standard InChI is InChI=1S/C18H26N2O4/c1-13(16-3-2-10-22-16)20(15-4-5-15)17(21)19-14-6-8-18(9-7-14)23-11-12-24-18/h2-3,10,13-15H,4-9,11-12H2,1H3,(H,19,21). The molecular weight excluding hydrogens is 308 g/mol. The lowest BCUT2D eigenvalue weighted by molar-refractivity contribution is -0.179. The lowest BCUT2D eigenvalue weighted by Crippen LogP contribution is -2.49. The highest BCUT2D eigenvalue weighted by atomic mass is 16.7. The molecule has 1 aromatic heterocycles. The number of carbonyl (C=O) groups is 1. The quantitative estimate of drug-likeness (QED) is 0.918. The maximum atomic E-state index is 12.9. The molecule has 3 aliphatic rings. The van der Waals surface area contributed by atoms with Gasteiger partial charge >= 0.3 is 6.03 Å². The van der Waals surface area contributed by atoms with Crippen molar-refractivity contribution in [3.05, 3.63) is 24.2 Å². The van der Waals surface area contributed by atoms with Crippen molar-refractivity contribution >= 4 is 6.03 Å². The summed E-state index contributed by atoms with van der Waals surface area (Å²) >= 11 is 0. The van der Waals surface area contributed by atoms with Gasteiger partial charge in [-0.3, -0.25) is 0 Å². The fourth-order valence-electron chi connectivity index (χ4n) is 3.91. The lowest BCUT2D eigenvalue weighted by Gasteiger charge is -2.37. The van der Waals surface area contributed by atoms with Crippen LogP contribution < -0.4 is 5.32 Å². The van der Waals surface area contributed by atoms with E-state index in [1.54, 1.807) is 6.26 Å². The number of furan rings is 1. The SMILES string of the molecule is CC(c1ccco1)N(C(=O)NC1CCC2(CC1)OCCO2)C1CC1. The molecular formula is C18H26N2O4. The molecule has 1 aliphatic heterocycles. The van der Waals surface area contributed by atoms with Gasteiger partial charge in [0.15, 0.2) is 5.79 Å². The highest BCUT2D eigenvalue weighted by molar-refractivity contribution is 5.75. The molecule has 1 unspecified atom stereocenters. The van der Waals surface area contributed by atoms with Gasteiger partial charge in [-0.15, -0.1) is 0 Å². The number of carbonyl (C=O) groups excluding carboxylic acids is 1.